The molecule has 0 saturated carbocycles. The third-order valence-electron chi connectivity index (χ3n) is 22.6. The van der Waals surface area contributed by atoms with E-state index in [1.165, 1.54) is 161 Å². The zero-order valence-electron chi connectivity index (χ0n) is 68.5. The molecule has 0 bridgehead atoms. The van der Waals surface area contributed by atoms with Crippen LogP contribution >= 0.6 is 0 Å². The average molecular weight is 1660 g/mol. The monoisotopic (exact) mass is 1660 g/mol. The molecule has 5 rings (SSSR count). The Bertz CT molecular complexity index is 2650. The summed E-state index contributed by atoms with van der Waals surface area (Å²) < 4.78 is 59.0. The second-order valence-electron chi connectivity index (χ2n) is 32.1. The van der Waals surface area contributed by atoms with Gasteiger partial charge in [0, 0.05) is 26.7 Å². The van der Waals surface area contributed by atoms with Gasteiger partial charge in [-0.2, -0.15) is 0 Å². The molecular formula is C81H147N3O31. The van der Waals surface area contributed by atoms with Crippen LogP contribution in [-0.2, 0) is 66.5 Å². The number of carboxylic acids is 1. The maximum absolute atomic E-state index is 13.6. The van der Waals surface area contributed by atoms with Crippen molar-refractivity contribution < 1.29 is 153 Å². The maximum Gasteiger partial charge on any atom is 0.364 e. The number of allylic oxidation sites excluding steroid dienone is 1. The summed E-state index contributed by atoms with van der Waals surface area (Å²) in [4.78, 5) is 52.0. The Balaban J connectivity index is 1.19. The van der Waals surface area contributed by atoms with Gasteiger partial charge in [-0.3, -0.25) is 14.4 Å². The van der Waals surface area contributed by atoms with E-state index < -0.39 is 235 Å². The molecule has 34 nitrogen and oxygen atoms in total. The number of carbonyl (C=O) groups is 4. The number of amides is 3. The molecule has 0 aromatic carbocycles. The summed E-state index contributed by atoms with van der Waals surface area (Å²) in [5, 5.41) is 197. The number of rotatable bonds is 60. The maximum atomic E-state index is 13.6. The van der Waals surface area contributed by atoms with E-state index in [1.807, 2.05) is 6.08 Å². The van der Waals surface area contributed by atoms with Crippen LogP contribution < -0.4 is 16.0 Å². The molecule has 5 aliphatic heterocycles. The predicted octanol–water partition coefficient (Wildman–Crippen LogP) is 2.08. The SMILES string of the molecule is CCCCCCCCCCCCC/C=C/[C@@H](O)[C@H](CO[C@@H]1OC(CO)[C@@H](O[C@@H]2OC(CO)[C@H](O[C@@H]3OC(CO)[C@H](O)[C@H](O[C@@H]4OC(CO)[C@H](O)[C@H](O[C@]5(C(=O)O)CC(O)[C@@H](NC(C)=O)C([C@H](O)[C@H](O)CO)O5)C4O)C3NC(C)=O)[C@H](O)C2O)[C@H](O)C1O)NC(=O)CCCCCCCCCCCCCCCCCCCCCCCCC. The van der Waals surface area contributed by atoms with E-state index in [2.05, 4.69) is 29.8 Å². The van der Waals surface area contributed by atoms with Gasteiger partial charge >= 0.3 is 5.97 Å². The van der Waals surface area contributed by atoms with Crippen LogP contribution in [0.25, 0.3) is 0 Å². The van der Waals surface area contributed by atoms with Crippen molar-refractivity contribution in [2.75, 3.05) is 39.6 Å². The lowest BCUT2D eigenvalue weighted by molar-refractivity contribution is -0.389. The van der Waals surface area contributed by atoms with Crippen molar-refractivity contribution in [2.24, 2.45) is 0 Å². The zero-order chi connectivity index (χ0) is 84.4. The highest BCUT2D eigenvalue weighted by Gasteiger charge is 2.61. The van der Waals surface area contributed by atoms with Crippen molar-refractivity contribution in [3.63, 3.8) is 0 Å². The highest BCUT2D eigenvalue weighted by atomic mass is 16.8. The first-order chi connectivity index (χ1) is 55.3. The first-order valence-electron chi connectivity index (χ1n) is 43.1. The number of ether oxygens (including phenoxy) is 10. The first kappa shape index (κ1) is 102. The number of carboxylic acid groups (broad SMARTS) is 1. The summed E-state index contributed by atoms with van der Waals surface area (Å²) in [5.41, 5.74) is 0. The van der Waals surface area contributed by atoms with Crippen molar-refractivity contribution in [1.29, 1.82) is 0 Å². The van der Waals surface area contributed by atoms with Crippen LogP contribution in [0.5, 0.6) is 0 Å². The Morgan fingerprint density at radius 2 is 0.835 bits per heavy atom. The van der Waals surface area contributed by atoms with Crippen molar-refractivity contribution >= 4 is 23.7 Å². The molecule has 3 amide bonds. The third-order valence-corrected chi connectivity index (χ3v) is 22.6. The number of aliphatic hydroxyl groups is 16. The molecule has 34 heteroatoms. The van der Waals surface area contributed by atoms with Gasteiger partial charge in [-0.1, -0.05) is 231 Å². The van der Waals surface area contributed by atoms with Gasteiger partial charge in [0.2, 0.25) is 17.7 Å². The minimum Gasteiger partial charge on any atom is -0.477 e. The minimum absolute atomic E-state index is 0.179. The standard InChI is InChI=1S/C81H147N3O31/c1-5-7-9-11-13-15-17-19-20-21-22-23-24-25-26-27-28-30-32-34-36-38-40-42-60(95)84-52(53(92)41-39-37-35-33-31-29-18-16-14-12-10-8-6-2)49-106-77-68(101)66(99)72(58(47-88)109-77)112-78-69(102)67(100)71(59(48-89)110-78)111-76-62(83-51(4)91)73(64(97)56(45-86)107-76)113-79-70(103)75(65(98)57(46-87)108-79)115-81(80(104)105)43-54(93)61(82-50(3)90)74(114-81)63(96)55(94)44-85/h39,41,52-59,61-79,85-89,92-94,96-103H,5-38,40,42-49H2,1-4H3,(H,82,90)(H,83,91)(H,84,95)(H,104,105)/b41-39+/t52-,53+,54?,55+,56?,57?,58?,59?,61+,62?,63+,64-,65-,66+,67+,68?,69?,70?,71-,72+,73+,74?,75-,76-,77+,78-,79-,81-/m0/s1. The van der Waals surface area contributed by atoms with Gasteiger partial charge in [0.1, 0.15) is 116 Å². The van der Waals surface area contributed by atoms with Gasteiger partial charge in [-0.25, -0.2) is 4.79 Å². The molecule has 28 atom stereocenters. The van der Waals surface area contributed by atoms with E-state index in [4.69, 9.17) is 47.4 Å². The quantitative estimate of drug-likeness (QED) is 0.0306. The van der Waals surface area contributed by atoms with E-state index >= 15 is 0 Å². The Morgan fingerprint density at radius 3 is 1.28 bits per heavy atom. The van der Waals surface area contributed by atoms with Gasteiger partial charge in [-0.05, 0) is 19.3 Å². The van der Waals surface area contributed by atoms with Crippen molar-refractivity contribution in [3.05, 3.63) is 12.2 Å². The van der Waals surface area contributed by atoms with Gasteiger partial charge in [-0.15, -0.1) is 0 Å². The summed E-state index contributed by atoms with van der Waals surface area (Å²) in [6.07, 6.45) is -3.33. The number of aliphatic hydroxyl groups excluding tert-OH is 16. The zero-order valence-corrected chi connectivity index (χ0v) is 68.5. The van der Waals surface area contributed by atoms with E-state index in [9.17, 15) is 106 Å². The topological polar surface area (TPSA) is 541 Å². The molecular weight excluding hydrogens is 1510 g/mol. The number of hydrogen-bond donors (Lipinski definition) is 20. The molecule has 10 unspecified atom stereocenters. The van der Waals surface area contributed by atoms with Crippen LogP contribution in [0.15, 0.2) is 12.2 Å². The fourth-order valence-corrected chi connectivity index (χ4v) is 15.7. The van der Waals surface area contributed by atoms with E-state index in [1.54, 1.807) is 6.08 Å². The highest BCUT2D eigenvalue weighted by molar-refractivity contribution is 5.77. The minimum atomic E-state index is -3.21. The molecule has 0 radical (unpaired) electrons. The summed E-state index contributed by atoms with van der Waals surface area (Å²) in [6, 6.07) is -4.60. The van der Waals surface area contributed by atoms with Crippen LogP contribution in [0.4, 0.5) is 0 Å². The van der Waals surface area contributed by atoms with Crippen molar-refractivity contribution in [3.8, 4) is 0 Å². The molecule has 115 heavy (non-hydrogen) atoms. The molecule has 0 aliphatic carbocycles. The van der Waals surface area contributed by atoms with E-state index in [0.717, 1.165) is 65.2 Å². The fourth-order valence-electron chi connectivity index (χ4n) is 15.7. The smallest absolute Gasteiger partial charge is 0.364 e. The van der Waals surface area contributed by atoms with Crippen LogP contribution in [0.3, 0.4) is 0 Å². The summed E-state index contributed by atoms with van der Waals surface area (Å²) in [6.45, 7) is 0.684. The summed E-state index contributed by atoms with van der Waals surface area (Å²) in [5.74, 6) is -7.35. The van der Waals surface area contributed by atoms with Gasteiger partial charge in [0.05, 0.1) is 63.9 Å². The molecule has 5 heterocycles. The number of aliphatic carboxylic acids is 1. The second kappa shape index (κ2) is 56.3. The summed E-state index contributed by atoms with van der Waals surface area (Å²) in [7, 11) is 0. The Labute approximate surface area is 678 Å². The molecule has 5 aliphatic rings. The normalized spacial score (nSPS) is 33.0. The Morgan fingerprint density at radius 1 is 0.452 bits per heavy atom. The van der Waals surface area contributed by atoms with Crippen LogP contribution in [0, 0.1) is 0 Å². The molecule has 0 aromatic rings. The van der Waals surface area contributed by atoms with Gasteiger partial charge < -0.3 is 150 Å². The first-order valence-corrected chi connectivity index (χ1v) is 43.1. The molecule has 5 fully saturated rings. The van der Waals surface area contributed by atoms with Gasteiger partial charge in [0.25, 0.3) is 5.79 Å². The van der Waals surface area contributed by atoms with Crippen molar-refractivity contribution in [1.82, 2.24) is 16.0 Å². The van der Waals surface area contributed by atoms with Crippen molar-refractivity contribution in [2.45, 2.75) is 436 Å². The third kappa shape index (κ3) is 33.7. The van der Waals surface area contributed by atoms with E-state index in [0.29, 0.717) is 12.8 Å². The average Bonchev–Trinajstić information content (AvgIpc) is 0.753. The van der Waals surface area contributed by atoms with Gasteiger partial charge in [0.15, 0.2) is 25.2 Å². The lowest BCUT2D eigenvalue weighted by atomic mass is 9.88. The Hall–Kier alpha value is -3.42. The lowest BCUT2D eigenvalue weighted by Gasteiger charge is -2.51. The van der Waals surface area contributed by atoms with E-state index in [-0.39, 0.29) is 12.3 Å². The largest absolute Gasteiger partial charge is 0.477 e. The number of carbonyl (C=O) groups excluding carboxylic acids is 3. The van der Waals surface area contributed by atoms with Crippen LogP contribution in [-0.4, -0.2) is 321 Å². The highest BCUT2D eigenvalue weighted by Crippen LogP contribution is 2.40. The second-order valence-corrected chi connectivity index (χ2v) is 32.1. The fraction of sp³-hybridized carbons (Fsp3) is 0.926. The molecule has 20 N–H and O–H groups in total. The molecule has 5 saturated heterocycles. The summed E-state index contributed by atoms with van der Waals surface area (Å²) >= 11 is 0. The number of nitrogens with one attached hydrogen (secondary N) is 3. The lowest BCUT2D eigenvalue weighted by Crippen LogP contribution is -2.71. The number of hydrogen-bond acceptors (Lipinski definition) is 30. The van der Waals surface area contributed by atoms with Crippen LogP contribution in [0.1, 0.15) is 265 Å². The molecule has 0 spiro atoms. The number of unbranched alkanes of at least 4 members (excludes halogenated alkanes) is 33. The molecule has 0 aromatic heterocycles. The predicted molar refractivity (Wildman–Crippen MR) is 415 cm³/mol. The molecule has 672 valence electrons. The Kier molecular flexibility index (Phi) is 50.0. The van der Waals surface area contributed by atoms with Crippen LogP contribution in [0.2, 0.25) is 0 Å².